The van der Waals surface area contributed by atoms with Crippen LogP contribution in [0.4, 0.5) is 0 Å². The molecule has 0 spiro atoms. The maximum Gasteiger partial charge on any atom is 0.277 e. The van der Waals surface area contributed by atoms with E-state index in [1.165, 1.54) is 5.56 Å². The number of rotatable bonds is 3. The summed E-state index contributed by atoms with van der Waals surface area (Å²) in [5.74, 6) is 0.587. The maximum atomic E-state index is 5.65. The zero-order valence-electron chi connectivity index (χ0n) is 12.1. The quantitative estimate of drug-likeness (QED) is 0.772. The molecule has 1 aromatic carbocycles. The molecule has 0 unspecified atom stereocenters. The van der Waals surface area contributed by atoms with Gasteiger partial charge in [0.05, 0.1) is 0 Å². The van der Waals surface area contributed by atoms with Gasteiger partial charge in [0.25, 0.3) is 5.22 Å². The first-order valence-corrected chi connectivity index (χ1v) is 7.35. The van der Waals surface area contributed by atoms with Gasteiger partial charge in [-0.3, -0.25) is 0 Å². The van der Waals surface area contributed by atoms with E-state index in [-0.39, 0.29) is 5.41 Å². The fraction of sp³-hybridized carbons (Fsp3) is 0.467. The van der Waals surface area contributed by atoms with Crippen molar-refractivity contribution >= 4 is 11.8 Å². The Labute approximate surface area is 118 Å². The van der Waals surface area contributed by atoms with Gasteiger partial charge in [0, 0.05) is 10.8 Å². The average Bonchev–Trinajstić information content (AvgIpc) is 2.75. The van der Waals surface area contributed by atoms with Crippen molar-refractivity contribution in [2.75, 3.05) is 0 Å². The number of nitrogens with zero attached hydrogens (tertiary/aromatic N) is 2. The summed E-state index contributed by atoms with van der Waals surface area (Å²) in [6, 6.07) is 8.32. The van der Waals surface area contributed by atoms with Crippen LogP contribution in [0.15, 0.2) is 33.9 Å². The normalized spacial score (nSPS) is 12.1. The van der Waals surface area contributed by atoms with Gasteiger partial charge in [0.2, 0.25) is 5.89 Å². The Kier molecular flexibility index (Phi) is 3.99. The lowest BCUT2D eigenvalue weighted by molar-refractivity contribution is 0.465. The highest BCUT2D eigenvalue weighted by Gasteiger charge is 2.15. The second-order valence-electron chi connectivity index (χ2n) is 5.87. The van der Waals surface area contributed by atoms with Crippen LogP contribution < -0.4 is 0 Å². The molecule has 1 aromatic heterocycles. The predicted molar refractivity (Wildman–Crippen MR) is 79.4 cm³/mol. The van der Waals surface area contributed by atoms with E-state index in [1.54, 1.807) is 11.8 Å². The molecule has 0 saturated carbocycles. The molecule has 0 aliphatic carbocycles. The van der Waals surface area contributed by atoms with Crippen molar-refractivity contribution in [1.82, 2.24) is 10.2 Å². The molecule has 0 radical (unpaired) electrons. The molecule has 19 heavy (non-hydrogen) atoms. The predicted octanol–water partition coefficient (Wildman–Crippen LogP) is 4.53. The Bertz CT molecular complexity index is 538. The Balaban J connectivity index is 2.20. The van der Waals surface area contributed by atoms with E-state index >= 15 is 0 Å². The minimum Gasteiger partial charge on any atom is -0.411 e. The fourth-order valence-corrected chi connectivity index (χ4v) is 2.31. The Hall–Kier alpha value is -1.29. The lowest BCUT2D eigenvalue weighted by Crippen LogP contribution is -2.10. The van der Waals surface area contributed by atoms with Crippen LogP contribution in [0.5, 0.6) is 0 Å². The number of benzene rings is 1. The summed E-state index contributed by atoms with van der Waals surface area (Å²) in [5.41, 5.74) is 2.43. The van der Waals surface area contributed by atoms with Gasteiger partial charge >= 0.3 is 0 Å². The molecule has 0 aliphatic heterocycles. The van der Waals surface area contributed by atoms with Crippen molar-refractivity contribution in [3.05, 3.63) is 29.8 Å². The zero-order chi connectivity index (χ0) is 14.0. The summed E-state index contributed by atoms with van der Waals surface area (Å²) >= 11 is 1.58. The first-order chi connectivity index (χ1) is 8.86. The third-order valence-corrected chi connectivity index (χ3v) is 3.58. The molecule has 3 nitrogen and oxygen atoms in total. The van der Waals surface area contributed by atoms with Crippen LogP contribution in [0.25, 0.3) is 11.5 Å². The minimum absolute atomic E-state index is 0.159. The van der Waals surface area contributed by atoms with Crippen molar-refractivity contribution in [1.29, 1.82) is 0 Å². The van der Waals surface area contributed by atoms with Crippen molar-refractivity contribution in [3.8, 4) is 11.5 Å². The van der Waals surface area contributed by atoms with E-state index in [4.69, 9.17) is 4.42 Å². The molecule has 0 fully saturated rings. The van der Waals surface area contributed by atoms with Crippen LogP contribution in [0, 0.1) is 0 Å². The highest BCUT2D eigenvalue weighted by atomic mass is 32.2. The molecule has 0 N–H and O–H groups in total. The second-order valence-corrected chi connectivity index (χ2v) is 7.39. The van der Waals surface area contributed by atoms with Gasteiger partial charge in [-0.25, -0.2) is 0 Å². The van der Waals surface area contributed by atoms with Gasteiger partial charge < -0.3 is 4.42 Å². The van der Waals surface area contributed by atoms with E-state index in [0.29, 0.717) is 16.4 Å². The highest BCUT2D eigenvalue weighted by molar-refractivity contribution is 7.99. The summed E-state index contributed by atoms with van der Waals surface area (Å²) in [6.07, 6.45) is 0. The molecule has 0 saturated heterocycles. The van der Waals surface area contributed by atoms with Gasteiger partial charge in [0.15, 0.2) is 0 Å². The molecule has 0 amide bonds. The SMILES string of the molecule is CC(C)Sc1nnc(-c2ccc(C(C)(C)C)cc2)o1. The topological polar surface area (TPSA) is 38.9 Å². The smallest absolute Gasteiger partial charge is 0.277 e. The maximum absolute atomic E-state index is 5.65. The Morgan fingerprint density at radius 1 is 1.05 bits per heavy atom. The van der Waals surface area contributed by atoms with Crippen molar-refractivity contribution in [2.24, 2.45) is 0 Å². The molecule has 0 atom stereocenters. The highest BCUT2D eigenvalue weighted by Crippen LogP contribution is 2.28. The number of aromatic nitrogens is 2. The molecule has 2 aromatic rings. The lowest BCUT2D eigenvalue weighted by Gasteiger charge is -2.18. The zero-order valence-corrected chi connectivity index (χ0v) is 12.9. The van der Waals surface area contributed by atoms with Crippen molar-refractivity contribution in [3.63, 3.8) is 0 Å². The Morgan fingerprint density at radius 2 is 1.68 bits per heavy atom. The first-order valence-electron chi connectivity index (χ1n) is 6.47. The van der Waals surface area contributed by atoms with E-state index in [2.05, 4.69) is 56.9 Å². The van der Waals surface area contributed by atoms with E-state index in [0.717, 1.165) is 5.56 Å². The summed E-state index contributed by atoms with van der Waals surface area (Å²) in [4.78, 5) is 0. The molecular formula is C15H20N2OS. The van der Waals surface area contributed by atoms with Crippen LogP contribution in [-0.4, -0.2) is 15.4 Å². The minimum atomic E-state index is 0.159. The van der Waals surface area contributed by atoms with Crippen LogP contribution in [0.2, 0.25) is 0 Å². The van der Waals surface area contributed by atoms with Crippen LogP contribution in [0.3, 0.4) is 0 Å². The van der Waals surface area contributed by atoms with Crippen LogP contribution >= 0.6 is 11.8 Å². The number of hydrogen-bond acceptors (Lipinski definition) is 4. The second kappa shape index (κ2) is 5.37. The molecular weight excluding hydrogens is 256 g/mol. The van der Waals surface area contributed by atoms with Gasteiger partial charge in [-0.15, -0.1) is 10.2 Å². The lowest BCUT2D eigenvalue weighted by atomic mass is 9.87. The number of thioether (sulfide) groups is 1. The third-order valence-electron chi connectivity index (χ3n) is 2.74. The molecule has 4 heteroatoms. The molecule has 102 valence electrons. The largest absolute Gasteiger partial charge is 0.411 e. The summed E-state index contributed by atoms with van der Waals surface area (Å²) in [6.45, 7) is 10.8. The van der Waals surface area contributed by atoms with Gasteiger partial charge in [-0.05, 0) is 23.1 Å². The monoisotopic (exact) mass is 276 g/mol. The average molecular weight is 276 g/mol. The van der Waals surface area contributed by atoms with Crippen molar-refractivity contribution < 1.29 is 4.42 Å². The van der Waals surface area contributed by atoms with E-state index in [1.807, 2.05) is 12.1 Å². The summed E-state index contributed by atoms with van der Waals surface area (Å²) < 4.78 is 5.65. The van der Waals surface area contributed by atoms with Gasteiger partial charge in [0.1, 0.15) is 0 Å². The third kappa shape index (κ3) is 3.60. The van der Waals surface area contributed by atoms with Crippen LogP contribution in [0.1, 0.15) is 40.2 Å². The van der Waals surface area contributed by atoms with Crippen LogP contribution in [-0.2, 0) is 5.41 Å². The standard InChI is InChI=1S/C15H20N2OS/c1-10(2)19-14-17-16-13(18-14)11-6-8-12(9-7-11)15(3,4)5/h6-10H,1-5H3. The first kappa shape index (κ1) is 14.1. The summed E-state index contributed by atoms with van der Waals surface area (Å²) in [5, 5.41) is 9.21. The van der Waals surface area contributed by atoms with Gasteiger partial charge in [-0.2, -0.15) is 0 Å². The van der Waals surface area contributed by atoms with Crippen molar-refractivity contribution in [2.45, 2.75) is 50.5 Å². The molecule has 1 heterocycles. The van der Waals surface area contributed by atoms with E-state index in [9.17, 15) is 0 Å². The summed E-state index contributed by atoms with van der Waals surface area (Å²) in [7, 11) is 0. The molecule has 0 bridgehead atoms. The molecule has 2 rings (SSSR count). The fourth-order valence-electron chi connectivity index (χ4n) is 1.69. The number of hydrogen-bond donors (Lipinski definition) is 0. The Morgan fingerprint density at radius 3 is 2.21 bits per heavy atom. The van der Waals surface area contributed by atoms with E-state index < -0.39 is 0 Å². The molecule has 0 aliphatic rings. The van der Waals surface area contributed by atoms with Gasteiger partial charge in [-0.1, -0.05) is 58.5 Å².